The van der Waals surface area contributed by atoms with Crippen LogP contribution in [0.25, 0.3) is 0 Å². The minimum absolute atomic E-state index is 0.0761. The van der Waals surface area contributed by atoms with Crippen molar-refractivity contribution >= 4 is 11.9 Å². The second-order valence-corrected chi connectivity index (χ2v) is 6.02. The van der Waals surface area contributed by atoms with E-state index in [9.17, 15) is 14.0 Å². The molecule has 2 N–H and O–H groups in total. The summed E-state index contributed by atoms with van der Waals surface area (Å²) in [6.07, 6.45) is 1.72. The van der Waals surface area contributed by atoms with Crippen LogP contribution >= 0.6 is 0 Å². The average Bonchev–Trinajstić information content (AvgIpc) is 3.16. The zero-order valence-corrected chi connectivity index (χ0v) is 14.4. The van der Waals surface area contributed by atoms with Crippen LogP contribution in [0.2, 0.25) is 0 Å². The molecular weight excluding hydrogens is 337 g/mol. The lowest BCUT2D eigenvalue weighted by atomic mass is 10.0. The second-order valence-electron chi connectivity index (χ2n) is 6.02. The lowest BCUT2D eigenvalue weighted by Crippen LogP contribution is -2.48. The number of carbonyl (C=O) groups is 2. The Morgan fingerprint density at radius 3 is 2.65 bits per heavy atom. The summed E-state index contributed by atoms with van der Waals surface area (Å²) in [7, 11) is 1.60. The summed E-state index contributed by atoms with van der Waals surface area (Å²) in [5, 5.41) is 0. The van der Waals surface area contributed by atoms with E-state index in [0.29, 0.717) is 6.54 Å². The number of benzene rings is 2. The second kappa shape index (κ2) is 7.86. The summed E-state index contributed by atoms with van der Waals surface area (Å²) in [5.41, 5.74) is 6.04. The average molecular weight is 357 g/mol. The van der Waals surface area contributed by atoms with Crippen LogP contribution in [0.5, 0.6) is 5.75 Å². The molecule has 7 heteroatoms. The monoisotopic (exact) mass is 357 g/mol. The summed E-state index contributed by atoms with van der Waals surface area (Å²) in [5.74, 6) is -0.196. The van der Waals surface area contributed by atoms with E-state index in [1.807, 2.05) is 24.3 Å². The number of likely N-dealkylation sites (tertiary alicyclic amines) is 1. The molecule has 1 fully saturated rings. The number of urea groups is 1. The fourth-order valence-corrected chi connectivity index (χ4v) is 3.06. The van der Waals surface area contributed by atoms with E-state index in [4.69, 9.17) is 4.74 Å². The largest absolute Gasteiger partial charge is 0.497 e. The van der Waals surface area contributed by atoms with Gasteiger partial charge in [-0.2, -0.15) is 0 Å². The molecule has 0 radical (unpaired) electrons. The van der Waals surface area contributed by atoms with Crippen molar-refractivity contribution in [3.8, 4) is 5.75 Å². The first kappa shape index (κ1) is 17.7. The maximum Gasteiger partial charge on any atom is 0.336 e. The number of rotatable bonds is 3. The van der Waals surface area contributed by atoms with Gasteiger partial charge in [-0.1, -0.05) is 12.1 Å². The van der Waals surface area contributed by atoms with Gasteiger partial charge in [0.25, 0.3) is 5.91 Å². The predicted molar refractivity (Wildman–Crippen MR) is 94.1 cm³/mol. The maximum absolute atomic E-state index is 12.9. The van der Waals surface area contributed by atoms with E-state index >= 15 is 0 Å². The van der Waals surface area contributed by atoms with Gasteiger partial charge in [-0.15, -0.1) is 0 Å². The van der Waals surface area contributed by atoms with Gasteiger partial charge in [0.1, 0.15) is 11.6 Å². The highest BCUT2D eigenvalue weighted by Crippen LogP contribution is 2.33. The van der Waals surface area contributed by atoms with Crippen molar-refractivity contribution in [2.45, 2.75) is 18.9 Å². The Kier molecular flexibility index (Phi) is 5.36. The number of amides is 3. The van der Waals surface area contributed by atoms with Crippen LogP contribution in [0, 0.1) is 5.82 Å². The Morgan fingerprint density at radius 2 is 1.92 bits per heavy atom. The molecule has 0 saturated carbocycles. The molecule has 1 heterocycles. The Morgan fingerprint density at radius 1 is 1.15 bits per heavy atom. The van der Waals surface area contributed by atoms with Gasteiger partial charge in [0.2, 0.25) is 0 Å². The standard InChI is InChI=1S/C19H20FN3O3/c1-26-16-5-2-4-14(12-16)17-6-3-11-23(17)19(25)22-21-18(24)13-7-9-15(20)10-8-13/h2,4-5,7-10,12,17H,3,6,11H2,1H3,(H,21,24)(H,22,25). The number of ether oxygens (including phenoxy) is 1. The normalized spacial score (nSPS) is 16.2. The summed E-state index contributed by atoms with van der Waals surface area (Å²) < 4.78 is 18.2. The molecule has 3 amide bonds. The molecule has 1 aliphatic heterocycles. The molecule has 136 valence electrons. The Labute approximate surface area is 150 Å². The van der Waals surface area contributed by atoms with Crippen molar-refractivity contribution in [2.24, 2.45) is 0 Å². The zero-order chi connectivity index (χ0) is 18.5. The summed E-state index contributed by atoms with van der Waals surface area (Å²) in [6.45, 7) is 0.597. The molecule has 2 aromatic carbocycles. The van der Waals surface area contributed by atoms with E-state index in [0.717, 1.165) is 24.2 Å². The van der Waals surface area contributed by atoms with Gasteiger partial charge >= 0.3 is 6.03 Å². The summed E-state index contributed by atoms with van der Waals surface area (Å²) in [6, 6.07) is 12.2. The molecule has 0 aliphatic carbocycles. The first-order valence-corrected chi connectivity index (χ1v) is 8.35. The lowest BCUT2D eigenvalue weighted by molar-refractivity contribution is 0.0928. The third kappa shape index (κ3) is 3.93. The number of halogens is 1. The summed E-state index contributed by atoms with van der Waals surface area (Å²) >= 11 is 0. The number of hydrogen-bond acceptors (Lipinski definition) is 3. The van der Waals surface area contributed by atoms with Gasteiger partial charge in [0.05, 0.1) is 13.2 Å². The smallest absolute Gasteiger partial charge is 0.336 e. The topological polar surface area (TPSA) is 70.7 Å². The Hall–Kier alpha value is -3.09. The van der Waals surface area contributed by atoms with Crippen LogP contribution in [-0.2, 0) is 0 Å². The third-order valence-corrected chi connectivity index (χ3v) is 4.38. The van der Waals surface area contributed by atoms with E-state index in [1.54, 1.807) is 12.0 Å². The van der Waals surface area contributed by atoms with Gasteiger partial charge in [-0.05, 0) is 54.8 Å². The minimum atomic E-state index is -0.504. The zero-order valence-electron chi connectivity index (χ0n) is 14.4. The quantitative estimate of drug-likeness (QED) is 0.830. The molecular formula is C19H20FN3O3. The number of hydrazine groups is 1. The molecule has 1 atom stereocenters. The maximum atomic E-state index is 12.9. The number of hydrogen-bond donors (Lipinski definition) is 2. The van der Waals surface area contributed by atoms with Crippen LogP contribution < -0.4 is 15.6 Å². The lowest BCUT2D eigenvalue weighted by Gasteiger charge is -2.25. The fourth-order valence-electron chi connectivity index (χ4n) is 3.06. The Bertz CT molecular complexity index is 795. The van der Waals surface area contributed by atoms with Gasteiger partial charge in [-0.25, -0.2) is 14.6 Å². The first-order chi connectivity index (χ1) is 12.6. The fraction of sp³-hybridized carbons (Fsp3) is 0.263. The van der Waals surface area contributed by atoms with Gasteiger partial charge in [0, 0.05) is 12.1 Å². The SMILES string of the molecule is COc1cccc(C2CCCN2C(=O)NNC(=O)c2ccc(F)cc2)c1. The van der Waals surface area contributed by atoms with Gasteiger partial charge in [0.15, 0.2) is 0 Å². The molecule has 0 bridgehead atoms. The molecule has 0 spiro atoms. The van der Waals surface area contributed by atoms with Crippen LogP contribution in [0.1, 0.15) is 34.8 Å². The van der Waals surface area contributed by atoms with Crippen LogP contribution in [0.4, 0.5) is 9.18 Å². The van der Waals surface area contributed by atoms with E-state index in [2.05, 4.69) is 10.9 Å². The molecule has 1 saturated heterocycles. The van der Waals surface area contributed by atoms with Gasteiger partial charge in [-0.3, -0.25) is 10.2 Å². The van der Waals surface area contributed by atoms with Crippen molar-refractivity contribution < 1.29 is 18.7 Å². The van der Waals surface area contributed by atoms with Crippen molar-refractivity contribution in [3.63, 3.8) is 0 Å². The molecule has 2 aromatic rings. The van der Waals surface area contributed by atoms with Crippen molar-refractivity contribution in [2.75, 3.05) is 13.7 Å². The molecule has 6 nitrogen and oxygen atoms in total. The Balaban J connectivity index is 1.63. The molecule has 1 aliphatic rings. The highest BCUT2D eigenvalue weighted by molar-refractivity contribution is 5.95. The van der Waals surface area contributed by atoms with E-state index in [-0.39, 0.29) is 17.6 Å². The molecule has 26 heavy (non-hydrogen) atoms. The van der Waals surface area contributed by atoms with Crippen molar-refractivity contribution in [1.82, 2.24) is 15.8 Å². The summed E-state index contributed by atoms with van der Waals surface area (Å²) in [4.78, 5) is 26.2. The van der Waals surface area contributed by atoms with Gasteiger partial charge < -0.3 is 9.64 Å². The van der Waals surface area contributed by atoms with Crippen LogP contribution in [0.3, 0.4) is 0 Å². The molecule has 1 unspecified atom stereocenters. The van der Waals surface area contributed by atoms with Crippen LogP contribution in [-0.4, -0.2) is 30.5 Å². The highest BCUT2D eigenvalue weighted by atomic mass is 19.1. The van der Waals surface area contributed by atoms with E-state index in [1.165, 1.54) is 24.3 Å². The first-order valence-electron chi connectivity index (χ1n) is 8.35. The van der Waals surface area contributed by atoms with Crippen LogP contribution in [0.15, 0.2) is 48.5 Å². The number of nitrogens with zero attached hydrogens (tertiary/aromatic N) is 1. The van der Waals surface area contributed by atoms with Crippen molar-refractivity contribution in [1.29, 1.82) is 0 Å². The number of methoxy groups -OCH3 is 1. The van der Waals surface area contributed by atoms with E-state index < -0.39 is 11.7 Å². The third-order valence-electron chi connectivity index (χ3n) is 4.38. The highest BCUT2D eigenvalue weighted by Gasteiger charge is 2.30. The minimum Gasteiger partial charge on any atom is -0.497 e. The number of nitrogens with one attached hydrogen (secondary N) is 2. The number of carbonyl (C=O) groups excluding carboxylic acids is 2. The molecule has 0 aromatic heterocycles. The predicted octanol–water partition coefficient (Wildman–Crippen LogP) is 3.03. The van der Waals surface area contributed by atoms with Crippen molar-refractivity contribution in [3.05, 3.63) is 65.5 Å². The molecule has 3 rings (SSSR count).